The van der Waals surface area contributed by atoms with Crippen LogP contribution in [0.15, 0.2) is 0 Å². The molecule has 0 amide bonds. The normalized spacial score (nSPS) is 26.6. The number of ether oxygens (including phenoxy) is 1. The number of halogens is 2. The molecule has 2 unspecified atom stereocenters. The van der Waals surface area contributed by atoms with Crippen LogP contribution in [0, 0.1) is 22.7 Å². The highest BCUT2D eigenvalue weighted by Gasteiger charge is 2.73. The zero-order valence-electron chi connectivity index (χ0n) is 9.04. The van der Waals surface area contributed by atoms with Gasteiger partial charge in [-0.3, -0.25) is 0 Å². The van der Waals surface area contributed by atoms with E-state index in [0.717, 1.165) is 0 Å². The van der Waals surface area contributed by atoms with Gasteiger partial charge in [0, 0.05) is 17.8 Å². The van der Waals surface area contributed by atoms with Gasteiger partial charge in [-0.1, -0.05) is 13.8 Å². The number of rotatable bonds is 4. The summed E-state index contributed by atoms with van der Waals surface area (Å²) in [4.78, 5) is 10.5. The van der Waals surface area contributed by atoms with Gasteiger partial charge in [-0.05, 0) is 6.42 Å². The number of carboxylic acid groups (broad SMARTS) is 1. The van der Waals surface area contributed by atoms with Crippen molar-refractivity contribution in [3.05, 3.63) is 0 Å². The summed E-state index contributed by atoms with van der Waals surface area (Å²) in [7, 11) is 0. The van der Waals surface area contributed by atoms with Gasteiger partial charge >= 0.3 is 6.16 Å². The van der Waals surface area contributed by atoms with E-state index in [4.69, 9.17) is 38.3 Å². The van der Waals surface area contributed by atoms with Crippen LogP contribution in [0.25, 0.3) is 0 Å². The molecule has 1 rings (SSSR count). The quantitative estimate of drug-likeness (QED) is 0.626. The molecular weight excluding hydrogens is 253 g/mol. The Bertz CT molecular complexity index is 321. The molecule has 1 aliphatic rings. The Morgan fingerprint density at radius 2 is 2.12 bits per heavy atom. The van der Waals surface area contributed by atoms with Gasteiger partial charge in [-0.2, -0.15) is 5.26 Å². The zero-order chi connectivity index (χ0) is 12.6. The van der Waals surface area contributed by atoms with Crippen molar-refractivity contribution in [3.8, 4) is 6.07 Å². The number of hydrogen-bond acceptors (Lipinski definition) is 3. The van der Waals surface area contributed by atoms with Gasteiger partial charge in [-0.15, -0.1) is 23.2 Å². The predicted octanol–water partition coefficient (Wildman–Crippen LogP) is 3.18. The van der Waals surface area contributed by atoms with Crippen molar-refractivity contribution in [3.63, 3.8) is 0 Å². The molecule has 0 saturated heterocycles. The van der Waals surface area contributed by atoms with Crippen LogP contribution in [-0.2, 0) is 4.74 Å². The van der Waals surface area contributed by atoms with Crippen LogP contribution >= 0.6 is 23.2 Å². The summed E-state index contributed by atoms with van der Waals surface area (Å²) >= 11 is 12.1. The Hall–Kier alpha value is -0.660. The molecule has 0 spiro atoms. The standard InChI is InChI=1S/C10H13Cl2NO3/c1-9(2)7(10(9,11)12)6(4-3-5-13)16-8(14)15/h6-7H,3-4H2,1-2H3,(H,14,15). The number of nitrogens with zero attached hydrogens (tertiary/aromatic N) is 1. The monoisotopic (exact) mass is 265 g/mol. The Morgan fingerprint density at radius 1 is 1.62 bits per heavy atom. The fourth-order valence-electron chi connectivity index (χ4n) is 2.02. The van der Waals surface area contributed by atoms with Gasteiger partial charge in [0.15, 0.2) is 0 Å². The lowest BCUT2D eigenvalue weighted by Crippen LogP contribution is -2.22. The third-order valence-corrected chi connectivity index (χ3v) is 4.55. The molecule has 0 bridgehead atoms. The largest absolute Gasteiger partial charge is 0.506 e. The summed E-state index contributed by atoms with van der Waals surface area (Å²) < 4.78 is 3.76. The van der Waals surface area contributed by atoms with Crippen LogP contribution in [-0.4, -0.2) is 21.7 Å². The second-order valence-electron chi connectivity index (χ2n) is 4.44. The highest BCUT2D eigenvalue weighted by Crippen LogP contribution is 2.70. The summed E-state index contributed by atoms with van der Waals surface area (Å²) in [5.74, 6) is -0.271. The van der Waals surface area contributed by atoms with Crippen molar-refractivity contribution in [2.75, 3.05) is 0 Å². The van der Waals surface area contributed by atoms with Gasteiger partial charge in [0.2, 0.25) is 0 Å². The van der Waals surface area contributed by atoms with Gasteiger partial charge in [0.05, 0.1) is 6.07 Å². The lowest BCUT2D eigenvalue weighted by molar-refractivity contribution is 0.0337. The van der Waals surface area contributed by atoms with Crippen molar-refractivity contribution >= 4 is 29.4 Å². The van der Waals surface area contributed by atoms with Crippen LogP contribution in [0.4, 0.5) is 4.79 Å². The molecule has 6 heteroatoms. The molecule has 4 nitrogen and oxygen atoms in total. The van der Waals surface area contributed by atoms with Gasteiger partial charge < -0.3 is 9.84 Å². The number of nitriles is 1. The molecule has 2 atom stereocenters. The summed E-state index contributed by atoms with van der Waals surface area (Å²) in [6, 6.07) is 1.95. The first kappa shape index (κ1) is 13.4. The predicted molar refractivity (Wildman–Crippen MR) is 59.5 cm³/mol. The van der Waals surface area contributed by atoms with Crippen LogP contribution < -0.4 is 0 Å². The first-order valence-corrected chi connectivity index (χ1v) is 5.65. The molecule has 0 aliphatic heterocycles. The number of alkyl halides is 2. The first-order chi connectivity index (χ1) is 7.25. The molecule has 0 heterocycles. The molecule has 1 N–H and O–H groups in total. The Labute approximate surface area is 104 Å². The maximum Gasteiger partial charge on any atom is 0.506 e. The molecule has 0 radical (unpaired) electrons. The fraction of sp³-hybridized carbons (Fsp3) is 0.800. The third-order valence-electron chi connectivity index (χ3n) is 3.11. The van der Waals surface area contributed by atoms with Crippen molar-refractivity contribution < 1.29 is 14.6 Å². The van der Waals surface area contributed by atoms with Crippen LogP contribution in [0.5, 0.6) is 0 Å². The van der Waals surface area contributed by atoms with E-state index in [-0.39, 0.29) is 12.3 Å². The maximum atomic E-state index is 10.5. The average Bonchev–Trinajstić information content (AvgIpc) is 2.51. The molecule has 0 aromatic carbocycles. The minimum absolute atomic E-state index is 0.217. The van der Waals surface area contributed by atoms with Crippen LogP contribution in [0.2, 0.25) is 0 Å². The lowest BCUT2D eigenvalue weighted by atomic mass is 10.0. The molecule has 0 aromatic heterocycles. The van der Waals surface area contributed by atoms with E-state index in [0.29, 0.717) is 6.42 Å². The van der Waals surface area contributed by atoms with Crippen molar-refractivity contribution in [1.29, 1.82) is 5.26 Å². The summed E-state index contributed by atoms with van der Waals surface area (Å²) in [5, 5.41) is 17.1. The smallest absolute Gasteiger partial charge is 0.450 e. The molecule has 1 fully saturated rings. The molecule has 16 heavy (non-hydrogen) atoms. The van der Waals surface area contributed by atoms with Gasteiger partial charge in [0.25, 0.3) is 0 Å². The topological polar surface area (TPSA) is 70.3 Å². The van der Waals surface area contributed by atoms with E-state index in [2.05, 4.69) is 0 Å². The van der Waals surface area contributed by atoms with Crippen LogP contribution in [0.1, 0.15) is 26.7 Å². The van der Waals surface area contributed by atoms with E-state index >= 15 is 0 Å². The average molecular weight is 266 g/mol. The van der Waals surface area contributed by atoms with E-state index in [1.54, 1.807) is 0 Å². The summed E-state index contributed by atoms with van der Waals surface area (Å²) in [5.41, 5.74) is -0.397. The van der Waals surface area contributed by atoms with Crippen molar-refractivity contribution in [2.45, 2.75) is 37.1 Å². The second kappa shape index (κ2) is 4.31. The lowest BCUT2D eigenvalue weighted by Gasteiger charge is -2.15. The molecule has 1 aliphatic carbocycles. The van der Waals surface area contributed by atoms with Crippen molar-refractivity contribution in [2.24, 2.45) is 11.3 Å². The van der Waals surface area contributed by atoms with E-state index in [1.165, 1.54) is 0 Å². The molecular formula is C10H13Cl2NO3. The van der Waals surface area contributed by atoms with Crippen LogP contribution in [0.3, 0.4) is 0 Å². The first-order valence-electron chi connectivity index (χ1n) is 4.89. The Kier molecular flexibility index (Phi) is 3.61. The van der Waals surface area contributed by atoms with Gasteiger partial charge in [-0.25, -0.2) is 4.79 Å². The minimum Gasteiger partial charge on any atom is -0.450 e. The molecule has 0 aromatic rings. The van der Waals surface area contributed by atoms with Crippen molar-refractivity contribution in [1.82, 2.24) is 0 Å². The minimum atomic E-state index is -1.37. The Morgan fingerprint density at radius 3 is 2.44 bits per heavy atom. The SMILES string of the molecule is CC1(C)C(C(CCC#N)OC(=O)O)C1(Cl)Cl. The van der Waals surface area contributed by atoms with E-state index < -0.39 is 22.0 Å². The molecule has 1 saturated carbocycles. The highest BCUT2D eigenvalue weighted by molar-refractivity contribution is 6.51. The van der Waals surface area contributed by atoms with Gasteiger partial charge in [0.1, 0.15) is 10.4 Å². The second-order valence-corrected chi connectivity index (χ2v) is 5.83. The number of hydrogen-bond donors (Lipinski definition) is 1. The zero-order valence-corrected chi connectivity index (χ0v) is 10.5. The highest BCUT2D eigenvalue weighted by atomic mass is 35.5. The maximum absolute atomic E-state index is 10.5. The third kappa shape index (κ3) is 2.21. The summed E-state index contributed by atoms with van der Waals surface area (Å²) in [6.07, 6.45) is -1.45. The van der Waals surface area contributed by atoms with E-state index in [1.807, 2.05) is 19.9 Å². The van der Waals surface area contributed by atoms with E-state index in [9.17, 15) is 4.79 Å². The Balaban J connectivity index is 2.72. The fourth-order valence-corrected chi connectivity index (χ4v) is 2.98. The summed E-state index contributed by atoms with van der Waals surface area (Å²) in [6.45, 7) is 3.70. The number of carbonyl (C=O) groups is 1. The molecule has 90 valence electrons.